The average molecular weight is 682 g/mol. The Morgan fingerprint density at radius 2 is 1.73 bits per heavy atom. The summed E-state index contributed by atoms with van der Waals surface area (Å²) in [5.74, 6) is 2.52. The fourth-order valence-corrected chi connectivity index (χ4v) is 6.53. The van der Waals surface area contributed by atoms with Crippen molar-refractivity contribution in [1.82, 2.24) is 14.8 Å². The molecule has 48 heavy (non-hydrogen) atoms. The highest BCUT2D eigenvalue weighted by atomic mass is 35.5. The summed E-state index contributed by atoms with van der Waals surface area (Å²) in [6.07, 6.45) is 0. The third kappa shape index (κ3) is 7.30. The van der Waals surface area contributed by atoms with Gasteiger partial charge in [0.15, 0.2) is 11.5 Å². The highest BCUT2D eigenvalue weighted by Gasteiger charge is 2.35. The molecule has 6 rings (SSSR count). The van der Waals surface area contributed by atoms with E-state index in [0.29, 0.717) is 69.3 Å². The van der Waals surface area contributed by atoms with Crippen molar-refractivity contribution >= 4 is 40.9 Å². The number of amides is 1. The number of carbonyl (C=O) groups excluding carboxylic acids is 1. The van der Waals surface area contributed by atoms with Crippen molar-refractivity contribution < 1.29 is 19.0 Å². The second-order valence-electron chi connectivity index (χ2n) is 11.2. The van der Waals surface area contributed by atoms with Crippen LogP contribution in [0, 0.1) is 6.92 Å². The van der Waals surface area contributed by atoms with Gasteiger partial charge in [-0.2, -0.15) is 4.98 Å². The normalized spacial score (nSPS) is 13.8. The van der Waals surface area contributed by atoms with Gasteiger partial charge in [-0.05, 0) is 67.8 Å². The summed E-state index contributed by atoms with van der Waals surface area (Å²) in [5.41, 5.74) is 5.67. The van der Waals surface area contributed by atoms with Gasteiger partial charge in [-0.1, -0.05) is 89.6 Å². The number of nitrogens with one attached hydrogen (secondary N) is 2. The van der Waals surface area contributed by atoms with Gasteiger partial charge in [-0.25, -0.2) is 4.68 Å². The Morgan fingerprint density at radius 3 is 2.50 bits per heavy atom. The molecule has 2 heterocycles. The summed E-state index contributed by atoms with van der Waals surface area (Å²) in [7, 11) is 1.57. The van der Waals surface area contributed by atoms with Gasteiger partial charge in [-0.3, -0.25) is 4.79 Å². The van der Waals surface area contributed by atoms with Crippen LogP contribution in [0.25, 0.3) is 0 Å². The van der Waals surface area contributed by atoms with E-state index in [1.54, 1.807) is 23.9 Å². The van der Waals surface area contributed by atoms with Crippen molar-refractivity contribution in [1.29, 1.82) is 0 Å². The van der Waals surface area contributed by atoms with E-state index >= 15 is 0 Å². The molecule has 0 radical (unpaired) electrons. The zero-order valence-electron chi connectivity index (χ0n) is 27.1. The number of thioether (sulfide) groups is 1. The summed E-state index contributed by atoms with van der Waals surface area (Å²) in [4.78, 5) is 18.9. The van der Waals surface area contributed by atoms with E-state index < -0.39 is 6.04 Å². The maximum Gasteiger partial charge on any atom is 0.255 e. The fourth-order valence-electron chi connectivity index (χ4n) is 5.42. The molecule has 1 amide bonds. The molecule has 1 aromatic heterocycles. The van der Waals surface area contributed by atoms with E-state index in [-0.39, 0.29) is 5.91 Å². The van der Waals surface area contributed by atoms with E-state index in [9.17, 15) is 4.79 Å². The highest BCUT2D eigenvalue weighted by molar-refractivity contribution is 7.98. The molecule has 9 nitrogen and oxygen atoms in total. The molecule has 0 aliphatic carbocycles. The predicted molar refractivity (Wildman–Crippen MR) is 190 cm³/mol. The van der Waals surface area contributed by atoms with Gasteiger partial charge in [0.2, 0.25) is 11.1 Å². The third-order valence-electron chi connectivity index (χ3n) is 7.85. The van der Waals surface area contributed by atoms with Gasteiger partial charge in [0.25, 0.3) is 5.91 Å². The van der Waals surface area contributed by atoms with Crippen LogP contribution >= 0.6 is 23.4 Å². The lowest BCUT2D eigenvalue weighted by Gasteiger charge is -2.29. The largest absolute Gasteiger partial charge is 0.495 e. The van der Waals surface area contributed by atoms with Gasteiger partial charge >= 0.3 is 0 Å². The van der Waals surface area contributed by atoms with E-state index in [2.05, 4.69) is 29.7 Å². The van der Waals surface area contributed by atoms with E-state index in [1.165, 1.54) is 17.3 Å². The second-order valence-corrected chi connectivity index (χ2v) is 12.5. The van der Waals surface area contributed by atoms with Crippen molar-refractivity contribution in [2.24, 2.45) is 0 Å². The standard InChI is InChI=1S/C37H36ClN5O4S/c1-5-46-32-20-26(18-19-31(32)47-21-25-16-14-23(2)15-17-25)34-33(35(44)40-29-12-8-9-13-30(29)45-4)24(3)39-36-41-37(42-43(34)36)48-22-27-10-6-7-11-28(27)38/h6-20,34H,5,21-22H2,1-4H3,(H,40,44)(H,39,41,42). The molecular weight excluding hydrogens is 646 g/mol. The number of para-hydroxylation sites is 2. The Labute approximate surface area is 289 Å². The molecule has 1 atom stereocenters. The third-order valence-corrected chi connectivity index (χ3v) is 9.10. The Kier molecular flexibility index (Phi) is 10.2. The van der Waals surface area contributed by atoms with Gasteiger partial charge < -0.3 is 24.8 Å². The summed E-state index contributed by atoms with van der Waals surface area (Å²) < 4.78 is 19.6. The van der Waals surface area contributed by atoms with Crippen LogP contribution < -0.4 is 24.8 Å². The van der Waals surface area contributed by atoms with Crippen molar-refractivity contribution in [3.63, 3.8) is 0 Å². The molecule has 1 unspecified atom stereocenters. The van der Waals surface area contributed by atoms with Crippen molar-refractivity contribution in [2.75, 3.05) is 24.4 Å². The van der Waals surface area contributed by atoms with Crippen molar-refractivity contribution in [2.45, 2.75) is 44.3 Å². The van der Waals surface area contributed by atoms with Crippen LogP contribution in [-0.4, -0.2) is 34.4 Å². The summed E-state index contributed by atoms with van der Waals surface area (Å²) >= 11 is 7.89. The maximum absolute atomic E-state index is 14.2. The minimum absolute atomic E-state index is 0.307. The predicted octanol–water partition coefficient (Wildman–Crippen LogP) is 8.45. The SMILES string of the molecule is CCOc1cc(C2C(C(=O)Nc3ccccc3OC)=C(C)Nc3nc(SCc4ccccc4Cl)nn32)ccc1OCc1ccc(C)cc1. The first kappa shape index (κ1) is 33.0. The molecule has 246 valence electrons. The van der Waals surface area contributed by atoms with Crippen LogP contribution in [0.3, 0.4) is 0 Å². The van der Waals surface area contributed by atoms with Gasteiger partial charge in [0, 0.05) is 16.5 Å². The van der Waals surface area contributed by atoms with Gasteiger partial charge in [-0.15, -0.1) is 5.10 Å². The smallest absolute Gasteiger partial charge is 0.255 e. The molecule has 2 N–H and O–H groups in total. The Balaban J connectivity index is 1.36. The zero-order chi connectivity index (χ0) is 33.6. The number of allylic oxidation sites excluding steroid dienone is 1. The number of benzene rings is 4. The number of anilines is 2. The van der Waals surface area contributed by atoms with E-state index in [4.69, 9.17) is 35.9 Å². The number of aromatic nitrogens is 3. The molecule has 0 saturated carbocycles. The number of nitrogens with zero attached hydrogens (tertiary/aromatic N) is 3. The monoisotopic (exact) mass is 681 g/mol. The van der Waals surface area contributed by atoms with Crippen LogP contribution in [0.1, 0.15) is 42.1 Å². The summed E-state index contributed by atoms with van der Waals surface area (Å²) in [6.45, 7) is 6.66. The van der Waals surface area contributed by atoms with Gasteiger partial charge in [0.1, 0.15) is 18.4 Å². The molecule has 1 aliphatic rings. The van der Waals surface area contributed by atoms with Crippen molar-refractivity contribution in [3.8, 4) is 17.2 Å². The molecular formula is C37H36ClN5O4S. The lowest BCUT2D eigenvalue weighted by Crippen LogP contribution is -2.31. The first-order valence-electron chi connectivity index (χ1n) is 15.5. The van der Waals surface area contributed by atoms with E-state index in [1.807, 2.05) is 80.6 Å². The molecule has 0 bridgehead atoms. The van der Waals surface area contributed by atoms with Crippen LogP contribution in [0.4, 0.5) is 11.6 Å². The minimum Gasteiger partial charge on any atom is -0.495 e. The molecule has 4 aromatic carbocycles. The quantitative estimate of drug-likeness (QED) is 0.127. The minimum atomic E-state index is -0.636. The fraction of sp³-hybridized carbons (Fsp3) is 0.216. The molecule has 0 fully saturated rings. The summed E-state index contributed by atoms with van der Waals surface area (Å²) in [6, 6.07) is 28.3. The number of halogens is 1. The number of aryl methyl sites for hydroxylation is 1. The number of carbonyl (C=O) groups is 1. The van der Waals surface area contributed by atoms with Crippen LogP contribution in [-0.2, 0) is 17.2 Å². The first-order valence-corrected chi connectivity index (χ1v) is 16.9. The first-order chi connectivity index (χ1) is 23.3. The van der Waals surface area contributed by atoms with Crippen LogP contribution in [0.2, 0.25) is 5.02 Å². The molecule has 0 spiro atoms. The lowest BCUT2D eigenvalue weighted by molar-refractivity contribution is -0.113. The Bertz CT molecular complexity index is 1960. The van der Waals surface area contributed by atoms with Gasteiger partial charge in [0.05, 0.1) is 25.0 Å². The maximum atomic E-state index is 14.2. The zero-order valence-corrected chi connectivity index (χ0v) is 28.7. The Hall–Kier alpha value is -4.93. The molecule has 1 aliphatic heterocycles. The van der Waals surface area contributed by atoms with E-state index in [0.717, 1.165) is 16.7 Å². The topological polar surface area (TPSA) is 99.5 Å². The lowest BCUT2D eigenvalue weighted by atomic mass is 9.94. The van der Waals surface area contributed by atoms with Crippen molar-refractivity contribution in [3.05, 3.63) is 130 Å². The number of methoxy groups -OCH3 is 1. The number of fused-ring (bicyclic) bond motifs is 1. The van der Waals surface area contributed by atoms with Crippen LogP contribution in [0.5, 0.6) is 17.2 Å². The average Bonchev–Trinajstić information content (AvgIpc) is 3.50. The highest BCUT2D eigenvalue weighted by Crippen LogP contribution is 2.41. The van der Waals surface area contributed by atoms with Crippen LogP contribution in [0.15, 0.2) is 107 Å². The number of rotatable bonds is 12. The number of hydrogen-bond acceptors (Lipinski definition) is 8. The number of hydrogen-bond donors (Lipinski definition) is 2. The molecule has 5 aromatic rings. The molecule has 11 heteroatoms. The second kappa shape index (κ2) is 14.9. The summed E-state index contributed by atoms with van der Waals surface area (Å²) in [5, 5.41) is 12.5. The number of ether oxygens (including phenoxy) is 3. The Morgan fingerprint density at radius 1 is 0.958 bits per heavy atom. The molecule has 0 saturated heterocycles.